The third kappa shape index (κ3) is 5.65. The zero-order chi connectivity index (χ0) is 25.4. The molecule has 2 aromatic heterocycles. The van der Waals surface area contributed by atoms with Crippen molar-refractivity contribution >= 4 is 42.0 Å². The highest BCUT2D eigenvalue weighted by atomic mass is 35.5. The van der Waals surface area contributed by atoms with Crippen LogP contribution in [0.15, 0.2) is 36.9 Å². The molecule has 1 aliphatic carbocycles. The standard InChI is InChI=1S/C22H29ClN7O4P/c1-14(10-30-12-27-17-18(24)25-11-26-19(17)30)34-13-35(33,28-21(2,3)20(31)32)29-22(8-9-22)15-4-6-16(23)7-5-15/h4-7,11-12,14H,8-10,13H2,1-3H3,(H,31,32)(H2,24,25,26)(H2,28,29,33)/t14-,35+/m1/s1. The molecule has 1 fully saturated rings. The molecule has 3 aromatic rings. The fourth-order valence-corrected chi connectivity index (χ4v) is 6.71. The highest BCUT2D eigenvalue weighted by Crippen LogP contribution is 2.54. The number of nitrogens with two attached hydrogens (primary N) is 1. The number of ether oxygens (including phenoxy) is 1. The van der Waals surface area contributed by atoms with Crippen molar-refractivity contribution in [1.82, 2.24) is 29.7 Å². The Bertz CT molecular complexity index is 1280. The summed E-state index contributed by atoms with van der Waals surface area (Å²) >= 11 is 6.03. The van der Waals surface area contributed by atoms with Crippen molar-refractivity contribution in [2.75, 3.05) is 12.1 Å². The predicted molar refractivity (Wildman–Crippen MR) is 133 cm³/mol. The average Bonchev–Trinajstić information content (AvgIpc) is 3.44. The minimum absolute atomic E-state index is 0.218. The number of benzene rings is 1. The van der Waals surface area contributed by atoms with E-state index in [0.717, 1.165) is 18.4 Å². The largest absolute Gasteiger partial charge is 0.480 e. The van der Waals surface area contributed by atoms with E-state index in [9.17, 15) is 14.5 Å². The number of nitrogens with one attached hydrogen (secondary N) is 2. The molecule has 0 saturated heterocycles. The number of halogens is 1. The van der Waals surface area contributed by atoms with Crippen molar-refractivity contribution in [3.8, 4) is 0 Å². The smallest absolute Gasteiger partial charge is 0.323 e. The molecule has 2 atom stereocenters. The third-order valence-electron chi connectivity index (χ3n) is 5.96. The summed E-state index contributed by atoms with van der Waals surface area (Å²) in [6.45, 7) is 5.14. The van der Waals surface area contributed by atoms with Gasteiger partial charge in [-0.25, -0.2) is 25.1 Å². The second-order valence-corrected chi connectivity index (χ2v) is 12.0. The van der Waals surface area contributed by atoms with Gasteiger partial charge in [-0.1, -0.05) is 23.7 Å². The van der Waals surface area contributed by atoms with Gasteiger partial charge in [0.25, 0.3) is 0 Å². The van der Waals surface area contributed by atoms with Crippen LogP contribution in [0.4, 0.5) is 5.82 Å². The van der Waals surface area contributed by atoms with Crippen LogP contribution in [0.3, 0.4) is 0 Å². The number of rotatable bonds is 11. The number of nitrogens with zero attached hydrogens (tertiary/aromatic N) is 4. The Morgan fingerprint density at radius 3 is 2.63 bits per heavy atom. The predicted octanol–water partition coefficient (Wildman–Crippen LogP) is 3.35. The minimum Gasteiger partial charge on any atom is -0.480 e. The van der Waals surface area contributed by atoms with Gasteiger partial charge in [-0.2, -0.15) is 0 Å². The van der Waals surface area contributed by atoms with Crippen LogP contribution in [0.5, 0.6) is 0 Å². The SMILES string of the molecule is C[C@H](Cn1cnc2c(N)ncnc21)OC[P@](=O)(NC(C)(C)C(=O)O)NC1(c2ccc(Cl)cc2)CC1. The quantitative estimate of drug-likeness (QED) is 0.276. The average molecular weight is 522 g/mol. The second kappa shape index (κ2) is 9.48. The summed E-state index contributed by atoms with van der Waals surface area (Å²) in [5.74, 6) is -0.834. The lowest BCUT2D eigenvalue weighted by Crippen LogP contribution is -2.49. The molecule has 1 aliphatic rings. The number of aromatic nitrogens is 4. The molecule has 11 nitrogen and oxygen atoms in total. The normalized spacial score (nSPS) is 17.7. The van der Waals surface area contributed by atoms with Gasteiger partial charge in [0.15, 0.2) is 11.5 Å². The van der Waals surface area contributed by atoms with Crippen LogP contribution < -0.4 is 15.9 Å². The molecule has 2 heterocycles. The summed E-state index contributed by atoms with van der Waals surface area (Å²) in [5.41, 5.74) is 5.87. The molecule has 0 unspecified atom stereocenters. The van der Waals surface area contributed by atoms with Crippen LogP contribution in [-0.4, -0.2) is 48.6 Å². The number of nitrogen functional groups attached to an aromatic ring is 1. The van der Waals surface area contributed by atoms with Gasteiger partial charge in [0.1, 0.15) is 23.7 Å². The van der Waals surface area contributed by atoms with E-state index >= 15 is 0 Å². The van der Waals surface area contributed by atoms with Crippen molar-refractivity contribution in [2.45, 2.75) is 57.3 Å². The molecular formula is C22H29ClN7O4P. The van der Waals surface area contributed by atoms with Gasteiger partial charge in [0.05, 0.1) is 24.5 Å². The van der Waals surface area contributed by atoms with E-state index in [2.05, 4.69) is 25.1 Å². The summed E-state index contributed by atoms with van der Waals surface area (Å²) in [6, 6.07) is 7.33. The first kappa shape index (κ1) is 25.5. The number of carboxylic acids is 1. The molecule has 0 bridgehead atoms. The van der Waals surface area contributed by atoms with E-state index in [1.165, 1.54) is 20.2 Å². The Hall–Kier alpha value is -2.56. The molecule has 5 N–H and O–H groups in total. The monoisotopic (exact) mass is 521 g/mol. The third-order valence-corrected chi connectivity index (χ3v) is 8.43. The molecular weight excluding hydrogens is 493 g/mol. The van der Waals surface area contributed by atoms with E-state index in [0.29, 0.717) is 22.7 Å². The first-order valence-corrected chi connectivity index (χ1v) is 13.4. The number of fused-ring (bicyclic) bond motifs is 1. The molecule has 1 aromatic carbocycles. The maximum absolute atomic E-state index is 14.1. The van der Waals surface area contributed by atoms with Crippen LogP contribution >= 0.6 is 19.0 Å². The lowest BCUT2D eigenvalue weighted by atomic mass is 10.1. The van der Waals surface area contributed by atoms with Crippen molar-refractivity contribution < 1.29 is 19.2 Å². The fourth-order valence-electron chi connectivity index (χ4n) is 3.89. The number of carbonyl (C=O) groups is 1. The molecule has 188 valence electrons. The summed E-state index contributed by atoms with van der Waals surface area (Å²) in [7, 11) is -3.54. The first-order valence-electron chi connectivity index (χ1n) is 11.1. The van der Waals surface area contributed by atoms with Crippen molar-refractivity contribution in [1.29, 1.82) is 0 Å². The molecule has 0 radical (unpaired) electrons. The Balaban J connectivity index is 1.51. The van der Waals surface area contributed by atoms with Crippen molar-refractivity contribution in [3.63, 3.8) is 0 Å². The molecule has 13 heteroatoms. The number of hydrogen-bond donors (Lipinski definition) is 4. The Morgan fingerprint density at radius 2 is 2.00 bits per heavy atom. The van der Waals surface area contributed by atoms with Gasteiger partial charge < -0.3 is 20.1 Å². The lowest BCUT2D eigenvalue weighted by molar-refractivity contribution is -0.142. The van der Waals surface area contributed by atoms with Crippen LogP contribution in [0.2, 0.25) is 5.02 Å². The Labute approximate surface area is 207 Å². The highest BCUT2D eigenvalue weighted by molar-refractivity contribution is 7.59. The molecule has 0 amide bonds. The van der Waals surface area contributed by atoms with Crippen LogP contribution in [0.1, 0.15) is 39.2 Å². The van der Waals surface area contributed by atoms with Crippen LogP contribution in [0, 0.1) is 0 Å². The van der Waals surface area contributed by atoms with Gasteiger partial charge in [-0.05, 0) is 51.3 Å². The van der Waals surface area contributed by atoms with Gasteiger partial charge in [-0.3, -0.25) is 9.36 Å². The number of imidazole rings is 1. The van der Waals surface area contributed by atoms with Crippen LogP contribution in [0.25, 0.3) is 11.2 Å². The van der Waals surface area contributed by atoms with E-state index in [4.69, 9.17) is 22.1 Å². The van der Waals surface area contributed by atoms with Crippen molar-refractivity contribution in [2.24, 2.45) is 0 Å². The zero-order valence-corrected chi connectivity index (χ0v) is 21.4. The lowest BCUT2D eigenvalue weighted by Gasteiger charge is -2.33. The molecule has 0 aliphatic heterocycles. The van der Waals surface area contributed by atoms with Crippen LogP contribution in [-0.2, 0) is 26.2 Å². The van der Waals surface area contributed by atoms with Gasteiger partial charge in [0, 0.05) is 5.02 Å². The summed E-state index contributed by atoms with van der Waals surface area (Å²) < 4.78 is 21.9. The summed E-state index contributed by atoms with van der Waals surface area (Å²) in [6.07, 6.45) is 3.86. The topological polar surface area (TPSA) is 157 Å². The maximum atomic E-state index is 14.1. The van der Waals surface area contributed by atoms with E-state index in [-0.39, 0.29) is 18.3 Å². The van der Waals surface area contributed by atoms with E-state index in [1.54, 1.807) is 23.0 Å². The second-order valence-electron chi connectivity index (χ2n) is 9.42. The van der Waals surface area contributed by atoms with Gasteiger partial charge in [-0.15, -0.1) is 0 Å². The zero-order valence-electron chi connectivity index (χ0n) is 19.7. The van der Waals surface area contributed by atoms with Crippen molar-refractivity contribution in [3.05, 3.63) is 47.5 Å². The Kier molecular flexibility index (Phi) is 6.91. The number of carboxylic acid groups (broad SMARTS) is 1. The molecule has 1 saturated carbocycles. The minimum atomic E-state index is -3.54. The van der Waals surface area contributed by atoms with E-state index < -0.39 is 24.5 Å². The van der Waals surface area contributed by atoms with E-state index in [1.807, 2.05) is 19.1 Å². The summed E-state index contributed by atoms with van der Waals surface area (Å²) in [5, 5.41) is 16.3. The van der Waals surface area contributed by atoms with Gasteiger partial charge in [0.2, 0.25) is 7.44 Å². The first-order chi connectivity index (χ1) is 16.4. The number of anilines is 1. The molecule has 0 spiro atoms. The molecule has 4 rings (SSSR count). The maximum Gasteiger partial charge on any atom is 0.323 e. The highest BCUT2D eigenvalue weighted by Gasteiger charge is 2.50. The number of hydrogen-bond acceptors (Lipinski definition) is 7. The fraction of sp³-hybridized carbons (Fsp3) is 0.455. The summed E-state index contributed by atoms with van der Waals surface area (Å²) in [4.78, 5) is 24.2. The number of aliphatic carboxylic acids is 1. The molecule has 35 heavy (non-hydrogen) atoms. The van der Waals surface area contributed by atoms with Gasteiger partial charge >= 0.3 is 5.97 Å². The Morgan fingerprint density at radius 1 is 1.31 bits per heavy atom.